The summed E-state index contributed by atoms with van der Waals surface area (Å²) in [5.41, 5.74) is 2.05. The first-order chi connectivity index (χ1) is 11.5. The van der Waals surface area contributed by atoms with Gasteiger partial charge in [0.15, 0.2) is 0 Å². The van der Waals surface area contributed by atoms with E-state index >= 15 is 0 Å². The standard InChI is InChI=1S/C15H13N5O3S/c1-19-13-4-2-3-5-14(13)20(9-15(19)21)24(22,23)10-6-7-11-12(8-10)17-18-16-11/h2-8H,9H2,1H3,(H,16,17,18). The van der Waals surface area contributed by atoms with Crippen molar-refractivity contribution in [1.82, 2.24) is 15.4 Å². The van der Waals surface area contributed by atoms with Gasteiger partial charge in [0, 0.05) is 7.05 Å². The number of nitrogens with one attached hydrogen (secondary N) is 1. The lowest BCUT2D eigenvalue weighted by atomic mass is 10.2. The molecule has 0 fully saturated rings. The van der Waals surface area contributed by atoms with Gasteiger partial charge in [0.25, 0.3) is 10.0 Å². The highest BCUT2D eigenvalue weighted by Gasteiger charge is 2.35. The Balaban J connectivity index is 1.87. The van der Waals surface area contributed by atoms with Crippen molar-refractivity contribution in [2.45, 2.75) is 4.90 Å². The van der Waals surface area contributed by atoms with Crippen molar-refractivity contribution < 1.29 is 13.2 Å². The summed E-state index contributed by atoms with van der Waals surface area (Å²) < 4.78 is 27.3. The molecule has 2 heterocycles. The molecule has 0 spiro atoms. The van der Waals surface area contributed by atoms with Crippen molar-refractivity contribution in [2.24, 2.45) is 0 Å². The van der Waals surface area contributed by atoms with Crippen LogP contribution < -0.4 is 9.21 Å². The lowest BCUT2D eigenvalue weighted by Crippen LogP contribution is -2.46. The van der Waals surface area contributed by atoms with Crippen LogP contribution in [0.4, 0.5) is 11.4 Å². The molecule has 122 valence electrons. The lowest BCUT2D eigenvalue weighted by Gasteiger charge is -2.34. The van der Waals surface area contributed by atoms with E-state index in [-0.39, 0.29) is 17.3 Å². The highest BCUT2D eigenvalue weighted by atomic mass is 32.2. The molecule has 4 rings (SSSR count). The largest absolute Gasteiger partial charge is 0.312 e. The number of carbonyl (C=O) groups is 1. The fourth-order valence-corrected chi connectivity index (χ4v) is 4.18. The number of carbonyl (C=O) groups excluding carboxylic acids is 1. The number of nitrogens with zero attached hydrogens (tertiary/aromatic N) is 4. The van der Waals surface area contributed by atoms with Crippen LogP contribution in [0.3, 0.4) is 0 Å². The van der Waals surface area contributed by atoms with Crippen LogP contribution in [0.5, 0.6) is 0 Å². The number of hydrogen-bond donors (Lipinski definition) is 1. The zero-order valence-corrected chi connectivity index (χ0v) is 13.5. The second-order valence-corrected chi connectivity index (χ2v) is 7.29. The number of aromatic nitrogens is 3. The van der Waals surface area contributed by atoms with E-state index in [0.717, 1.165) is 4.31 Å². The monoisotopic (exact) mass is 343 g/mol. The van der Waals surface area contributed by atoms with E-state index < -0.39 is 10.0 Å². The third-order valence-corrected chi connectivity index (χ3v) is 5.80. The number of H-pyrrole nitrogens is 1. The summed E-state index contributed by atoms with van der Waals surface area (Å²) in [6.45, 7) is -0.243. The van der Waals surface area contributed by atoms with Crippen LogP contribution >= 0.6 is 0 Å². The maximum Gasteiger partial charge on any atom is 0.264 e. The maximum absolute atomic E-state index is 13.1. The molecule has 0 atom stereocenters. The molecule has 24 heavy (non-hydrogen) atoms. The van der Waals surface area contributed by atoms with E-state index in [9.17, 15) is 13.2 Å². The molecule has 0 saturated carbocycles. The molecule has 1 aromatic heterocycles. The van der Waals surface area contributed by atoms with E-state index in [4.69, 9.17) is 0 Å². The van der Waals surface area contributed by atoms with E-state index in [1.165, 1.54) is 17.0 Å². The van der Waals surface area contributed by atoms with E-state index in [1.807, 2.05) is 0 Å². The normalized spacial score (nSPS) is 15.0. The lowest BCUT2D eigenvalue weighted by molar-refractivity contribution is -0.117. The number of hydrogen-bond acceptors (Lipinski definition) is 5. The number of likely N-dealkylation sites (N-methyl/N-ethyl adjacent to an activating group) is 1. The van der Waals surface area contributed by atoms with Crippen LogP contribution in [-0.4, -0.2) is 43.3 Å². The molecule has 0 bridgehead atoms. The number of amides is 1. The van der Waals surface area contributed by atoms with Gasteiger partial charge < -0.3 is 4.90 Å². The molecule has 1 N–H and O–H groups in total. The van der Waals surface area contributed by atoms with Crippen molar-refractivity contribution >= 4 is 38.3 Å². The minimum Gasteiger partial charge on any atom is -0.312 e. The van der Waals surface area contributed by atoms with Gasteiger partial charge in [-0.05, 0) is 30.3 Å². The smallest absolute Gasteiger partial charge is 0.264 e. The molecule has 2 aromatic carbocycles. The first-order valence-corrected chi connectivity index (χ1v) is 8.61. The highest BCUT2D eigenvalue weighted by molar-refractivity contribution is 7.93. The molecule has 0 saturated heterocycles. The Morgan fingerprint density at radius 2 is 1.75 bits per heavy atom. The van der Waals surface area contributed by atoms with Crippen LogP contribution in [0.15, 0.2) is 47.4 Å². The Morgan fingerprint density at radius 1 is 1.04 bits per heavy atom. The van der Waals surface area contributed by atoms with Crippen LogP contribution in [0.1, 0.15) is 0 Å². The number of benzene rings is 2. The van der Waals surface area contributed by atoms with Gasteiger partial charge in [0.05, 0.1) is 16.3 Å². The van der Waals surface area contributed by atoms with E-state index in [0.29, 0.717) is 22.4 Å². The first kappa shape index (κ1) is 14.6. The summed E-state index contributed by atoms with van der Waals surface area (Å²) in [5.74, 6) is -0.292. The zero-order chi connectivity index (χ0) is 16.9. The number of fused-ring (bicyclic) bond motifs is 2. The maximum atomic E-state index is 13.1. The van der Waals surface area contributed by atoms with Gasteiger partial charge in [-0.25, -0.2) is 8.42 Å². The Bertz CT molecular complexity index is 1060. The van der Waals surface area contributed by atoms with E-state index in [1.54, 1.807) is 37.4 Å². The average Bonchev–Trinajstić information content (AvgIpc) is 3.05. The average molecular weight is 343 g/mol. The van der Waals surface area contributed by atoms with Crippen molar-refractivity contribution in [3.8, 4) is 0 Å². The quantitative estimate of drug-likeness (QED) is 0.752. The Hall–Kier alpha value is -2.94. The predicted octanol–water partition coefficient (Wildman–Crippen LogP) is 1.13. The SMILES string of the molecule is CN1C(=O)CN(S(=O)(=O)c2ccc3n[nH]nc3c2)c2ccccc21. The van der Waals surface area contributed by atoms with Crippen molar-refractivity contribution in [1.29, 1.82) is 0 Å². The number of para-hydroxylation sites is 2. The fraction of sp³-hybridized carbons (Fsp3) is 0.133. The summed E-state index contributed by atoms with van der Waals surface area (Å²) in [5, 5.41) is 10.3. The number of rotatable bonds is 2. The van der Waals surface area contributed by atoms with Crippen molar-refractivity contribution in [3.63, 3.8) is 0 Å². The summed E-state index contributed by atoms with van der Waals surface area (Å²) in [7, 11) is -2.27. The molecule has 0 aliphatic carbocycles. The number of sulfonamides is 1. The number of aromatic amines is 1. The minimum atomic E-state index is -3.90. The molecule has 0 unspecified atom stereocenters. The minimum absolute atomic E-state index is 0.0658. The van der Waals surface area contributed by atoms with E-state index in [2.05, 4.69) is 15.4 Å². The van der Waals surface area contributed by atoms with Crippen molar-refractivity contribution in [2.75, 3.05) is 22.8 Å². The molecule has 1 amide bonds. The van der Waals surface area contributed by atoms with Crippen LogP contribution in [0.25, 0.3) is 11.0 Å². The molecule has 0 radical (unpaired) electrons. The van der Waals surface area contributed by atoms with Crippen molar-refractivity contribution in [3.05, 3.63) is 42.5 Å². The Kier molecular flexibility index (Phi) is 3.07. The first-order valence-electron chi connectivity index (χ1n) is 7.17. The van der Waals surface area contributed by atoms with Gasteiger partial charge in [0.1, 0.15) is 17.6 Å². The second-order valence-electron chi connectivity index (χ2n) is 5.43. The van der Waals surface area contributed by atoms with Gasteiger partial charge in [-0.2, -0.15) is 15.4 Å². The van der Waals surface area contributed by atoms with Gasteiger partial charge in [-0.1, -0.05) is 12.1 Å². The van der Waals surface area contributed by atoms with Gasteiger partial charge >= 0.3 is 0 Å². The van der Waals surface area contributed by atoms with Gasteiger partial charge in [-0.15, -0.1) is 0 Å². The molecule has 1 aliphatic rings. The molecule has 9 heteroatoms. The molecule has 8 nitrogen and oxygen atoms in total. The second kappa shape index (κ2) is 5.03. The van der Waals surface area contributed by atoms with Crippen LogP contribution in [-0.2, 0) is 14.8 Å². The molecular weight excluding hydrogens is 330 g/mol. The third kappa shape index (κ3) is 2.05. The summed E-state index contributed by atoms with van der Waals surface area (Å²) in [6, 6.07) is 11.4. The molecule has 1 aliphatic heterocycles. The summed E-state index contributed by atoms with van der Waals surface area (Å²) in [6.07, 6.45) is 0. The van der Waals surface area contributed by atoms with Gasteiger partial charge in [0.2, 0.25) is 5.91 Å². The van der Waals surface area contributed by atoms with Crippen LogP contribution in [0, 0.1) is 0 Å². The molecule has 3 aromatic rings. The highest BCUT2D eigenvalue weighted by Crippen LogP contribution is 2.36. The number of anilines is 2. The summed E-state index contributed by atoms with van der Waals surface area (Å²) in [4.78, 5) is 13.7. The zero-order valence-electron chi connectivity index (χ0n) is 12.7. The van der Waals surface area contributed by atoms with Gasteiger partial charge in [-0.3, -0.25) is 9.10 Å². The Morgan fingerprint density at radius 3 is 2.54 bits per heavy atom. The summed E-state index contributed by atoms with van der Waals surface area (Å²) >= 11 is 0. The Labute approximate surface area is 137 Å². The fourth-order valence-electron chi connectivity index (χ4n) is 2.73. The predicted molar refractivity (Wildman–Crippen MR) is 88.3 cm³/mol. The van der Waals surface area contributed by atoms with Crippen LogP contribution in [0.2, 0.25) is 0 Å². The molecular formula is C15H13N5O3S. The topological polar surface area (TPSA) is 99.3 Å². The third-order valence-electron chi connectivity index (χ3n) is 4.04.